The molecule has 140 valence electrons. The van der Waals surface area contributed by atoms with Crippen molar-refractivity contribution in [3.8, 4) is 5.75 Å². The van der Waals surface area contributed by atoms with Crippen LogP contribution < -0.4 is 10.1 Å². The van der Waals surface area contributed by atoms with Crippen LogP contribution in [0.1, 0.15) is 62.9 Å². The molecular formula is C23H31NO2. The molecule has 0 aromatic heterocycles. The maximum absolute atomic E-state index is 12.5. The Hall–Kier alpha value is -2.29. The Morgan fingerprint density at radius 2 is 1.62 bits per heavy atom. The molecule has 2 rings (SSSR count). The molecule has 0 radical (unpaired) electrons. The second-order valence-electron chi connectivity index (χ2n) is 8.12. The Kier molecular flexibility index (Phi) is 6.12. The number of ether oxygens (including phenoxy) is 1. The molecule has 0 aliphatic carbocycles. The first-order valence-corrected chi connectivity index (χ1v) is 9.22. The first kappa shape index (κ1) is 20.0. The van der Waals surface area contributed by atoms with Crippen molar-refractivity contribution in [2.75, 3.05) is 0 Å². The molecule has 0 saturated heterocycles. The van der Waals surface area contributed by atoms with Crippen molar-refractivity contribution in [3.05, 3.63) is 64.7 Å². The Balaban J connectivity index is 2.00. The zero-order valence-corrected chi connectivity index (χ0v) is 17.0. The molecule has 0 fully saturated rings. The van der Waals surface area contributed by atoms with Gasteiger partial charge in [-0.1, -0.05) is 56.7 Å². The van der Waals surface area contributed by atoms with E-state index < -0.39 is 6.10 Å². The fourth-order valence-corrected chi connectivity index (χ4v) is 2.93. The van der Waals surface area contributed by atoms with Crippen LogP contribution in [0.4, 0.5) is 0 Å². The van der Waals surface area contributed by atoms with Gasteiger partial charge in [-0.05, 0) is 61.9 Å². The Bertz CT molecular complexity index is 757. The number of nitrogens with one attached hydrogen (secondary N) is 1. The lowest BCUT2D eigenvalue weighted by Crippen LogP contribution is -2.38. The number of amides is 1. The summed E-state index contributed by atoms with van der Waals surface area (Å²) in [6, 6.07) is 14.2. The van der Waals surface area contributed by atoms with Crippen LogP contribution in [0.15, 0.2) is 42.5 Å². The van der Waals surface area contributed by atoms with Crippen LogP contribution in [0.2, 0.25) is 0 Å². The first-order valence-electron chi connectivity index (χ1n) is 9.22. The van der Waals surface area contributed by atoms with E-state index in [-0.39, 0.29) is 17.4 Å². The van der Waals surface area contributed by atoms with Crippen LogP contribution in [0, 0.1) is 13.8 Å². The molecule has 2 aromatic carbocycles. The van der Waals surface area contributed by atoms with Gasteiger partial charge in [0.15, 0.2) is 6.10 Å². The maximum Gasteiger partial charge on any atom is 0.261 e. The summed E-state index contributed by atoms with van der Waals surface area (Å²) in [5.41, 5.74) is 4.85. The van der Waals surface area contributed by atoms with Crippen molar-refractivity contribution in [1.82, 2.24) is 5.32 Å². The Labute approximate surface area is 157 Å². The average molecular weight is 354 g/mol. The zero-order chi connectivity index (χ0) is 19.5. The van der Waals surface area contributed by atoms with Crippen LogP contribution in [-0.4, -0.2) is 12.0 Å². The highest BCUT2D eigenvalue weighted by Crippen LogP contribution is 2.25. The third-order valence-corrected chi connectivity index (χ3v) is 4.66. The van der Waals surface area contributed by atoms with E-state index in [0.717, 1.165) is 5.56 Å². The molecule has 0 saturated carbocycles. The lowest BCUT2D eigenvalue weighted by atomic mass is 9.87. The van der Waals surface area contributed by atoms with E-state index in [0.29, 0.717) is 5.75 Å². The normalized spacial score (nSPS) is 13.8. The molecule has 0 spiro atoms. The van der Waals surface area contributed by atoms with E-state index in [1.54, 1.807) is 6.92 Å². The van der Waals surface area contributed by atoms with E-state index in [1.807, 2.05) is 19.1 Å². The summed E-state index contributed by atoms with van der Waals surface area (Å²) in [6.07, 6.45) is -0.553. The fraction of sp³-hybridized carbons (Fsp3) is 0.435. The molecule has 2 aromatic rings. The number of rotatable bonds is 5. The van der Waals surface area contributed by atoms with E-state index in [9.17, 15) is 4.79 Å². The smallest absolute Gasteiger partial charge is 0.261 e. The van der Waals surface area contributed by atoms with Gasteiger partial charge < -0.3 is 10.1 Å². The van der Waals surface area contributed by atoms with Crippen molar-refractivity contribution < 1.29 is 9.53 Å². The summed E-state index contributed by atoms with van der Waals surface area (Å²) in [4.78, 5) is 12.5. The highest BCUT2D eigenvalue weighted by molar-refractivity contribution is 5.81. The largest absolute Gasteiger partial charge is 0.481 e. The van der Waals surface area contributed by atoms with Crippen molar-refractivity contribution in [1.29, 1.82) is 0 Å². The molecule has 1 amide bonds. The summed E-state index contributed by atoms with van der Waals surface area (Å²) >= 11 is 0. The minimum Gasteiger partial charge on any atom is -0.481 e. The van der Waals surface area contributed by atoms with E-state index in [2.05, 4.69) is 70.3 Å². The predicted octanol–water partition coefficient (Wildman–Crippen LogP) is 5.25. The molecule has 3 heteroatoms. The summed E-state index contributed by atoms with van der Waals surface area (Å²) in [5, 5.41) is 3.06. The number of hydrogen-bond donors (Lipinski definition) is 1. The lowest BCUT2D eigenvalue weighted by molar-refractivity contribution is -0.127. The van der Waals surface area contributed by atoms with Crippen LogP contribution >= 0.6 is 0 Å². The third-order valence-electron chi connectivity index (χ3n) is 4.66. The highest BCUT2D eigenvalue weighted by Gasteiger charge is 2.19. The van der Waals surface area contributed by atoms with E-state index >= 15 is 0 Å². The Morgan fingerprint density at radius 1 is 1.00 bits per heavy atom. The quantitative estimate of drug-likeness (QED) is 0.798. The first-order chi connectivity index (χ1) is 12.1. The van der Waals surface area contributed by atoms with Crippen LogP contribution in [-0.2, 0) is 10.2 Å². The zero-order valence-electron chi connectivity index (χ0n) is 17.0. The second-order valence-corrected chi connectivity index (χ2v) is 8.12. The van der Waals surface area contributed by atoms with Crippen LogP contribution in [0.3, 0.4) is 0 Å². The fourth-order valence-electron chi connectivity index (χ4n) is 2.93. The van der Waals surface area contributed by atoms with Crippen molar-refractivity contribution in [3.63, 3.8) is 0 Å². The third kappa shape index (κ3) is 5.10. The van der Waals surface area contributed by atoms with Crippen LogP contribution in [0.25, 0.3) is 0 Å². The van der Waals surface area contributed by atoms with Gasteiger partial charge in [0.05, 0.1) is 6.04 Å². The molecule has 2 atom stereocenters. The number of hydrogen-bond acceptors (Lipinski definition) is 2. The molecule has 0 heterocycles. The summed E-state index contributed by atoms with van der Waals surface area (Å²) in [5.74, 6) is 0.596. The monoisotopic (exact) mass is 353 g/mol. The Morgan fingerprint density at radius 3 is 2.19 bits per heavy atom. The van der Waals surface area contributed by atoms with Crippen molar-refractivity contribution >= 4 is 5.91 Å². The van der Waals surface area contributed by atoms with Gasteiger partial charge in [0.1, 0.15) is 5.75 Å². The van der Waals surface area contributed by atoms with Crippen LogP contribution in [0.5, 0.6) is 5.75 Å². The molecule has 26 heavy (non-hydrogen) atoms. The van der Waals surface area contributed by atoms with Gasteiger partial charge in [0, 0.05) is 0 Å². The number of aryl methyl sites for hydroxylation is 2. The maximum atomic E-state index is 12.5. The topological polar surface area (TPSA) is 38.3 Å². The van der Waals surface area contributed by atoms with Gasteiger partial charge in [-0.25, -0.2) is 0 Å². The second kappa shape index (κ2) is 7.94. The standard InChI is InChI=1S/C23H31NO2/c1-15-8-9-16(2)21(14-15)17(3)24-22(25)18(4)26-20-12-10-19(11-13-20)23(5,6)7/h8-14,17-18H,1-7H3,(H,24,25). The van der Waals surface area contributed by atoms with Crippen molar-refractivity contribution in [2.24, 2.45) is 0 Å². The predicted molar refractivity (Wildman–Crippen MR) is 108 cm³/mol. The molecule has 0 aliphatic rings. The van der Waals surface area contributed by atoms with Gasteiger partial charge in [-0.2, -0.15) is 0 Å². The average Bonchev–Trinajstić information content (AvgIpc) is 2.56. The number of carbonyl (C=O) groups is 1. The summed E-state index contributed by atoms with van der Waals surface area (Å²) in [6.45, 7) is 14.4. The van der Waals surface area contributed by atoms with Gasteiger partial charge in [-0.3, -0.25) is 4.79 Å². The van der Waals surface area contributed by atoms with E-state index in [1.165, 1.54) is 16.7 Å². The molecular weight excluding hydrogens is 322 g/mol. The SMILES string of the molecule is Cc1ccc(C)c(C(C)NC(=O)C(C)Oc2ccc(C(C)(C)C)cc2)c1. The molecule has 0 bridgehead atoms. The van der Waals surface area contributed by atoms with Gasteiger partial charge in [0.25, 0.3) is 5.91 Å². The summed E-state index contributed by atoms with van der Waals surface area (Å²) in [7, 11) is 0. The van der Waals surface area contributed by atoms with Crippen molar-refractivity contribution in [2.45, 2.75) is 66.0 Å². The highest BCUT2D eigenvalue weighted by atomic mass is 16.5. The molecule has 0 aliphatic heterocycles. The molecule has 3 nitrogen and oxygen atoms in total. The van der Waals surface area contributed by atoms with Gasteiger partial charge >= 0.3 is 0 Å². The lowest BCUT2D eigenvalue weighted by Gasteiger charge is -2.22. The van der Waals surface area contributed by atoms with E-state index in [4.69, 9.17) is 4.74 Å². The molecule has 2 unspecified atom stereocenters. The molecule has 1 N–H and O–H groups in total. The summed E-state index contributed by atoms with van der Waals surface area (Å²) < 4.78 is 5.82. The number of carbonyl (C=O) groups excluding carboxylic acids is 1. The minimum absolute atomic E-state index is 0.0586. The minimum atomic E-state index is -0.553. The van der Waals surface area contributed by atoms with Gasteiger partial charge in [-0.15, -0.1) is 0 Å². The van der Waals surface area contributed by atoms with Gasteiger partial charge in [0.2, 0.25) is 0 Å². The number of benzene rings is 2.